The summed E-state index contributed by atoms with van der Waals surface area (Å²) in [5, 5.41) is 0. The third-order valence-corrected chi connectivity index (χ3v) is 1.55. The Morgan fingerprint density at radius 3 is 2.67 bits per heavy atom. The molecule has 0 saturated carbocycles. The largest absolute Gasteiger partial charge is 0.489 e. The third-order valence-electron chi connectivity index (χ3n) is 1.55. The molecule has 0 N–H and O–H groups in total. The van der Waals surface area contributed by atoms with Gasteiger partial charge in [-0.2, -0.15) is 0 Å². The standard InChI is InChI=1S/C9H8O.Mn.W/c1-2-6-9-8(4-1)5-3-7-10-9;;/h1-6H,7H2;;. The summed E-state index contributed by atoms with van der Waals surface area (Å²) in [7, 11) is 0. The first kappa shape index (κ1) is 12.0. The SMILES string of the molecule is C1=Cc2ccccc2OC1.[Mn].[W]. The summed E-state index contributed by atoms with van der Waals surface area (Å²) in [6, 6.07) is 8.03. The zero-order valence-corrected chi connectivity index (χ0v) is 10.5. The number of rotatable bonds is 0. The molecule has 1 radical (unpaired) electrons. The van der Waals surface area contributed by atoms with Gasteiger partial charge in [0.15, 0.2) is 0 Å². The van der Waals surface area contributed by atoms with Crippen molar-refractivity contribution in [3.63, 3.8) is 0 Å². The quantitative estimate of drug-likeness (QED) is 0.635. The molecule has 0 aromatic heterocycles. The number of benzene rings is 1. The monoisotopic (exact) mass is 371 g/mol. The molecule has 0 spiro atoms. The Morgan fingerprint density at radius 1 is 1.17 bits per heavy atom. The van der Waals surface area contributed by atoms with Crippen LogP contribution in [0.2, 0.25) is 0 Å². The van der Waals surface area contributed by atoms with Crippen LogP contribution in [0, 0.1) is 0 Å². The number of hydrogen-bond donors (Lipinski definition) is 0. The topological polar surface area (TPSA) is 9.23 Å². The van der Waals surface area contributed by atoms with Crippen LogP contribution in [-0.2, 0) is 38.1 Å². The predicted octanol–water partition coefficient (Wildman–Crippen LogP) is 2.09. The van der Waals surface area contributed by atoms with Crippen LogP contribution in [0.5, 0.6) is 5.75 Å². The smallest absolute Gasteiger partial charge is 0.126 e. The number of hydrogen-bond acceptors (Lipinski definition) is 1. The molecule has 0 bridgehead atoms. The molecule has 0 aliphatic carbocycles. The minimum absolute atomic E-state index is 0. The number of para-hydroxylation sites is 1. The molecule has 0 saturated heterocycles. The van der Waals surface area contributed by atoms with Gasteiger partial charge in [-0.05, 0) is 12.1 Å². The zero-order chi connectivity index (χ0) is 6.81. The Balaban J connectivity index is 0.000000605. The summed E-state index contributed by atoms with van der Waals surface area (Å²) >= 11 is 0. The first-order valence-electron chi connectivity index (χ1n) is 3.35. The van der Waals surface area contributed by atoms with Crippen molar-refractivity contribution in [2.75, 3.05) is 6.61 Å². The molecule has 1 aromatic rings. The third kappa shape index (κ3) is 2.48. The van der Waals surface area contributed by atoms with Crippen LogP contribution in [-0.4, -0.2) is 6.61 Å². The molecule has 1 aliphatic heterocycles. The van der Waals surface area contributed by atoms with Crippen LogP contribution in [0.3, 0.4) is 0 Å². The molecular weight excluding hydrogens is 363 g/mol. The first-order chi connectivity index (χ1) is 4.97. The number of ether oxygens (including phenoxy) is 1. The molecule has 1 heterocycles. The average molecular weight is 371 g/mol. The van der Waals surface area contributed by atoms with Crippen molar-refractivity contribution in [1.82, 2.24) is 0 Å². The van der Waals surface area contributed by atoms with Crippen LogP contribution >= 0.6 is 0 Å². The minimum atomic E-state index is 0. The Labute approximate surface area is 96.9 Å². The van der Waals surface area contributed by atoms with E-state index in [1.807, 2.05) is 30.3 Å². The van der Waals surface area contributed by atoms with Crippen molar-refractivity contribution in [3.8, 4) is 5.75 Å². The van der Waals surface area contributed by atoms with Crippen molar-refractivity contribution in [2.45, 2.75) is 0 Å². The molecule has 63 valence electrons. The fourth-order valence-electron chi connectivity index (χ4n) is 1.06. The minimum Gasteiger partial charge on any atom is -0.489 e. The summed E-state index contributed by atoms with van der Waals surface area (Å²) < 4.78 is 5.34. The molecule has 0 atom stereocenters. The first-order valence-corrected chi connectivity index (χ1v) is 3.35. The van der Waals surface area contributed by atoms with Crippen LogP contribution in [0.1, 0.15) is 5.56 Å². The second-order valence-corrected chi connectivity index (χ2v) is 2.25. The molecule has 0 fully saturated rings. The fraction of sp³-hybridized carbons (Fsp3) is 0.111. The van der Waals surface area contributed by atoms with Gasteiger partial charge < -0.3 is 4.74 Å². The molecule has 1 nitrogen and oxygen atoms in total. The van der Waals surface area contributed by atoms with E-state index in [2.05, 4.69) is 6.08 Å². The van der Waals surface area contributed by atoms with E-state index in [9.17, 15) is 0 Å². The van der Waals surface area contributed by atoms with Gasteiger partial charge in [-0.25, -0.2) is 0 Å². The van der Waals surface area contributed by atoms with E-state index >= 15 is 0 Å². The van der Waals surface area contributed by atoms with E-state index in [0.717, 1.165) is 5.75 Å². The average Bonchev–Trinajstić information content (AvgIpc) is 2.05. The van der Waals surface area contributed by atoms with Crippen molar-refractivity contribution in [1.29, 1.82) is 0 Å². The Hall–Kier alpha value is -0.0322. The number of fused-ring (bicyclic) bond motifs is 1. The van der Waals surface area contributed by atoms with Crippen LogP contribution in [0.15, 0.2) is 30.3 Å². The maximum atomic E-state index is 5.34. The van der Waals surface area contributed by atoms with E-state index in [1.165, 1.54) is 5.56 Å². The second-order valence-electron chi connectivity index (χ2n) is 2.25. The maximum Gasteiger partial charge on any atom is 0.126 e. The van der Waals surface area contributed by atoms with E-state index in [4.69, 9.17) is 4.74 Å². The molecule has 1 aliphatic rings. The van der Waals surface area contributed by atoms with Gasteiger partial charge in [0.1, 0.15) is 12.4 Å². The van der Waals surface area contributed by atoms with E-state index in [-0.39, 0.29) is 38.1 Å². The predicted molar refractivity (Wildman–Crippen MR) is 41.0 cm³/mol. The molecule has 1 aromatic carbocycles. The Kier molecular flexibility index (Phi) is 5.57. The van der Waals surface area contributed by atoms with E-state index < -0.39 is 0 Å². The summed E-state index contributed by atoms with van der Waals surface area (Å²) in [6.45, 7) is 0.705. The second kappa shape index (κ2) is 5.59. The fourth-order valence-corrected chi connectivity index (χ4v) is 1.06. The van der Waals surface area contributed by atoms with Crippen LogP contribution < -0.4 is 4.74 Å². The van der Waals surface area contributed by atoms with Gasteiger partial charge in [-0.3, -0.25) is 0 Å². The van der Waals surface area contributed by atoms with E-state index in [0.29, 0.717) is 6.61 Å². The molecular formula is C9H8MnOW. The van der Waals surface area contributed by atoms with Crippen molar-refractivity contribution < 1.29 is 42.9 Å². The Morgan fingerprint density at radius 2 is 1.92 bits per heavy atom. The molecule has 2 rings (SSSR count). The van der Waals surface area contributed by atoms with Crippen molar-refractivity contribution in [3.05, 3.63) is 35.9 Å². The van der Waals surface area contributed by atoms with Gasteiger partial charge in [0.25, 0.3) is 0 Å². The van der Waals surface area contributed by atoms with Crippen LogP contribution in [0.4, 0.5) is 0 Å². The summed E-state index contributed by atoms with van der Waals surface area (Å²) in [4.78, 5) is 0. The molecule has 0 unspecified atom stereocenters. The Bertz CT molecular complexity index is 273. The summed E-state index contributed by atoms with van der Waals surface area (Å²) in [6.07, 6.45) is 4.10. The van der Waals surface area contributed by atoms with Gasteiger partial charge in [-0.1, -0.05) is 24.3 Å². The summed E-state index contributed by atoms with van der Waals surface area (Å²) in [5.74, 6) is 0.991. The van der Waals surface area contributed by atoms with Crippen molar-refractivity contribution in [2.24, 2.45) is 0 Å². The van der Waals surface area contributed by atoms with E-state index in [1.54, 1.807) is 0 Å². The van der Waals surface area contributed by atoms with Gasteiger partial charge in [0.05, 0.1) is 0 Å². The van der Waals surface area contributed by atoms with Gasteiger partial charge in [0, 0.05) is 43.7 Å². The summed E-state index contributed by atoms with van der Waals surface area (Å²) in [5.41, 5.74) is 1.17. The molecule has 3 heteroatoms. The normalized spacial score (nSPS) is 11.7. The maximum absolute atomic E-state index is 5.34. The molecule has 12 heavy (non-hydrogen) atoms. The zero-order valence-electron chi connectivity index (χ0n) is 6.37. The van der Waals surface area contributed by atoms with Crippen molar-refractivity contribution >= 4 is 6.08 Å². The molecule has 0 amide bonds. The van der Waals surface area contributed by atoms with Crippen LogP contribution in [0.25, 0.3) is 6.08 Å². The van der Waals surface area contributed by atoms with Gasteiger partial charge >= 0.3 is 0 Å². The van der Waals surface area contributed by atoms with Gasteiger partial charge in [-0.15, -0.1) is 0 Å². The van der Waals surface area contributed by atoms with Gasteiger partial charge in [0.2, 0.25) is 0 Å².